The van der Waals surface area contributed by atoms with Crippen LogP contribution in [0.4, 0.5) is 22.7 Å². The van der Waals surface area contributed by atoms with Crippen molar-refractivity contribution in [1.29, 1.82) is 0 Å². The summed E-state index contributed by atoms with van der Waals surface area (Å²) in [5, 5.41) is 1.94. The van der Waals surface area contributed by atoms with E-state index >= 15 is 0 Å². The summed E-state index contributed by atoms with van der Waals surface area (Å²) in [7, 11) is 0. The molecule has 7 heterocycles. The van der Waals surface area contributed by atoms with E-state index < -0.39 is 6.85 Å². The van der Waals surface area contributed by atoms with Gasteiger partial charge in [0.25, 0.3) is 0 Å². The molecule has 324 valence electrons. The molecule has 0 saturated heterocycles. The minimum atomic E-state index is -2.45. The second kappa shape index (κ2) is 16.2. The van der Waals surface area contributed by atoms with Crippen LogP contribution in [-0.2, 0) is 26.5 Å². The summed E-state index contributed by atoms with van der Waals surface area (Å²) in [6.45, 7) is 6.26. The first-order chi connectivity index (χ1) is 32.9. The molecule has 15 rings (SSSR count). The summed E-state index contributed by atoms with van der Waals surface area (Å²) in [6, 6.07) is 66.0. The first-order valence-electron chi connectivity index (χ1n) is 23.3. The van der Waals surface area contributed by atoms with Crippen LogP contribution in [0.1, 0.15) is 36.0 Å². The molecule has 5 aliphatic rings. The molecule has 0 amide bonds. The number of hydrogen-bond acceptors (Lipinski definition) is 5. The molecule has 0 N–H and O–H groups in total. The number of aromatic nitrogens is 2. The number of anilines is 4. The van der Waals surface area contributed by atoms with Crippen LogP contribution in [0.15, 0.2) is 182 Å². The quantitative estimate of drug-likeness (QED) is 0.153. The van der Waals surface area contributed by atoms with Crippen LogP contribution in [-0.4, -0.2) is 9.55 Å². The van der Waals surface area contributed by atoms with Crippen LogP contribution < -0.4 is 19.3 Å². The van der Waals surface area contributed by atoms with Crippen LogP contribution in [0.2, 0.25) is 0 Å². The van der Waals surface area contributed by atoms with E-state index in [0.717, 1.165) is 61.3 Å². The molecule has 0 aliphatic carbocycles. The Morgan fingerprint density at radius 2 is 1.29 bits per heavy atom. The van der Waals surface area contributed by atoms with Crippen molar-refractivity contribution in [3.63, 3.8) is 0 Å². The number of aryl methyl sites for hydroxylation is 1. The van der Waals surface area contributed by atoms with Gasteiger partial charge in [-0.3, -0.25) is 0 Å². The molecule has 10 aromatic rings. The predicted octanol–water partition coefficient (Wildman–Crippen LogP) is 15.7. The van der Waals surface area contributed by atoms with Gasteiger partial charge in [-0.2, -0.15) is 12.1 Å². The molecular weight excluding hydrogens is 992 g/mol. The average molecular weight is 1040 g/mol. The van der Waals surface area contributed by atoms with Crippen molar-refractivity contribution in [2.75, 3.05) is 9.80 Å². The van der Waals surface area contributed by atoms with Gasteiger partial charge in [0.1, 0.15) is 17.3 Å². The molecule has 0 fully saturated rings. The normalized spacial score (nSPS) is 13.7. The van der Waals surface area contributed by atoms with Gasteiger partial charge >= 0.3 is 0 Å². The molecule has 0 spiro atoms. The molecule has 7 heteroatoms. The number of pyridine rings is 1. The van der Waals surface area contributed by atoms with Crippen molar-refractivity contribution in [2.24, 2.45) is 0 Å². The third-order valence-electron chi connectivity index (χ3n) is 12.4. The molecule has 8 aromatic carbocycles. The molecule has 0 unspecified atom stereocenters. The molecule has 12 bridgehead atoms. The topological polar surface area (TPSA) is 42.8 Å². The molecule has 66 heavy (non-hydrogen) atoms. The van der Waals surface area contributed by atoms with Gasteiger partial charge in [-0.05, 0) is 94.0 Å². The second-order valence-electron chi connectivity index (χ2n) is 17.6. The summed E-state index contributed by atoms with van der Waals surface area (Å²) < 4.78 is 41.5. The Morgan fingerprint density at radius 1 is 0.576 bits per heavy atom. The largest absolute Gasteiger partial charge is 0.509 e. The van der Waals surface area contributed by atoms with Gasteiger partial charge in [0.05, 0.1) is 0 Å². The maximum absolute atomic E-state index is 8.77. The van der Waals surface area contributed by atoms with Crippen molar-refractivity contribution in [3.8, 4) is 62.2 Å². The van der Waals surface area contributed by atoms with Crippen molar-refractivity contribution in [1.82, 2.24) is 9.55 Å². The number of rotatable bonds is 1. The fourth-order valence-electron chi connectivity index (χ4n) is 9.17. The number of hydrogen-bond donors (Lipinski definition) is 0. The second-order valence-corrected chi connectivity index (χ2v) is 17.6. The molecule has 2 aromatic heterocycles. The van der Waals surface area contributed by atoms with Crippen LogP contribution in [0.25, 0.3) is 61.0 Å². The zero-order valence-corrected chi connectivity index (χ0v) is 38.6. The van der Waals surface area contributed by atoms with Gasteiger partial charge in [-0.1, -0.05) is 123 Å². The molecule has 0 atom stereocenters. The zero-order chi connectivity index (χ0) is 46.3. The van der Waals surface area contributed by atoms with E-state index in [0.29, 0.717) is 45.5 Å². The Morgan fingerprint density at radius 3 is 2.09 bits per heavy atom. The monoisotopic (exact) mass is 1040 g/mol. The van der Waals surface area contributed by atoms with Gasteiger partial charge in [-0.25, -0.2) is 4.98 Å². The van der Waals surface area contributed by atoms with E-state index in [1.165, 1.54) is 5.56 Å². The Labute approximate surface area is 403 Å². The number of benzene rings is 8. The molecule has 0 radical (unpaired) electrons. The van der Waals surface area contributed by atoms with Crippen LogP contribution in [0, 0.1) is 25.7 Å². The minimum absolute atomic E-state index is 0. The number of para-hydroxylation sites is 3. The van der Waals surface area contributed by atoms with Gasteiger partial charge < -0.3 is 23.8 Å². The first kappa shape index (κ1) is 37.9. The number of fused-ring (bicyclic) bond motifs is 3. The van der Waals surface area contributed by atoms with Crippen LogP contribution in [0.3, 0.4) is 0 Å². The van der Waals surface area contributed by atoms with Gasteiger partial charge in [0, 0.05) is 82.1 Å². The summed E-state index contributed by atoms with van der Waals surface area (Å²) in [6.07, 6.45) is 1.66. The number of nitrogens with zero attached hydrogens (tertiary/aromatic N) is 4. The van der Waals surface area contributed by atoms with Crippen molar-refractivity contribution in [2.45, 2.75) is 33.0 Å². The SMILES string of the molecule is [2H]C([2H])([2H])c1cc2ncc1-c1ccc(cc1)Oc1cccc(c1)-c1cccc(-c3ccccc3)c1N1[CH-]N(c3[c-]c(ccc3)Oc3[c-]c4c(cc3)c3cc(C(C)(C)C)ccc3n4-2)c2ccccc21.[Pt]. The minimum Gasteiger partial charge on any atom is -0.509 e. The smallest absolute Gasteiger partial charge is 0.135 e. The van der Waals surface area contributed by atoms with Gasteiger partial charge in [0.15, 0.2) is 0 Å². The van der Waals surface area contributed by atoms with Crippen molar-refractivity contribution < 1.29 is 34.7 Å². The summed E-state index contributed by atoms with van der Waals surface area (Å²) in [5.41, 5.74) is 12.0. The third kappa shape index (κ3) is 7.13. The maximum Gasteiger partial charge on any atom is 0.135 e. The van der Waals surface area contributed by atoms with E-state index in [1.54, 1.807) is 12.3 Å². The van der Waals surface area contributed by atoms with Crippen LogP contribution >= 0.6 is 0 Å². The molecule has 5 aliphatic heterocycles. The average Bonchev–Trinajstić information content (AvgIpc) is 3.89. The molecule has 6 nitrogen and oxygen atoms in total. The summed E-state index contributed by atoms with van der Waals surface area (Å²) in [5.74, 6) is 2.71. The molecular formula is C59H43N4O2Pt-3. The van der Waals surface area contributed by atoms with E-state index in [1.807, 2.05) is 77.4 Å². The van der Waals surface area contributed by atoms with Crippen LogP contribution in [0.5, 0.6) is 23.0 Å². The first-order valence-corrected chi connectivity index (χ1v) is 21.8. The standard InChI is InChI=1S/C59H43N4O2.Pt/c1-38-31-57-60-36-52(38)40-23-26-44(27-24-40)64-45-17-10-15-41(32-45)49-20-12-19-48(39-13-6-5-7-14-39)58(49)62-37-61(54-21-8-9-22-55(54)62)43-16-11-18-46(34-43)65-47-28-29-50-51-33-42(59(2,3)4)25-30-53(51)63(57)56(50)35-47;/h5-33,36-37H,1-4H3;/q-3;/i1D3;. The van der Waals surface area contributed by atoms with Gasteiger partial charge in [0.2, 0.25) is 0 Å². The Hall–Kier alpha value is -7.40. The predicted molar refractivity (Wildman–Crippen MR) is 264 cm³/mol. The zero-order valence-electron chi connectivity index (χ0n) is 39.3. The summed E-state index contributed by atoms with van der Waals surface area (Å²) >= 11 is 0. The molecule has 0 saturated carbocycles. The fourth-order valence-corrected chi connectivity index (χ4v) is 9.17. The Bertz CT molecular complexity index is 3600. The van der Waals surface area contributed by atoms with E-state index in [9.17, 15) is 0 Å². The van der Waals surface area contributed by atoms with Crippen molar-refractivity contribution in [3.05, 3.63) is 212 Å². The van der Waals surface area contributed by atoms with E-state index in [-0.39, 0.29) is 32.0 Å². The van der Waals surface area contributed by atoms with E-state index in [2.05, 4.69) is 146 Å². The maximum atomic E-state index is 8.77. The third-order valence-corrected chi connectivity index (χ3v) is 12.4. The number of ether oxygens (including phenoxy) is 2. The summed E-state index contributed by atoms with van der Waals surface area (Å²) in [4.78, 5) is 9.40. The Kier molecular flexibility index (Phi) is 9.33. The van der Waals surface area contributed by atoms with Crippen molar-refractivity contribution >= 4 is 44.6 Å². The van der Waals surface area contributed by atoms with E-state index in [4.69, 9.17) is 18.6 Å². The van der Waals surface area contributed by atoms with Gasteiger partial charge in [-0.15, -0.1) is 48.1 Å². The Balaban J connectivity index is 0.00000520. The fraction of sp³-hybridized carbons (Fsp3) is 0.0847.